The number of hydrogen-bond donors (Lipinski definition) is 1. The maximum atomic E-state index is 13.2. The van der Waals surface area contributed by atoms with Crippen molar-refractivity contribution in [3.63, 3.8) is 0 Å². The van der Waals surface area contributed by atoms with Crippen LogP contribution in [0.5, 0.6) is 0 Å². The topological polar surface area (TPSA) is 84.4 Å². The highest BCUT2D eigenvalue weighted by atomic mass is 32.1. The number of aryl methyl sites for hydroxylation is 1. The number of nitrogens with zero attached hydrogens (tertiary/aromatic N) is 3. The summed E-state index contributed by atoms with van der Waals surface area (Å²) in [5.74, 6) is -0.396. The van der Waals surface area contributed by atoms with Crippen molar-refractivity contribution in [2.75, 3.05) is 18.5 Å². The highest BCUT2D eigenvalue weighted by molar-refractivity contribution is 7.18. The van der Waals surface area contributed by atoms with Crippen LogP contribution in [0.25, 0.3) is 10.6 Å². The third kappa shape index (κ3) is 7.55. The largest absolute Gasteiger partial charge is 0.367 e. The molecule has 0 radical (unpaired) electrons. The van der Waals surface area contributed by atoms with Gasteiger partial charge in [0.2, 0.25) is 16.9 Å². The second kappa shape index (κ2) is 12.9. The Hall–Kier alpha value is -3.88. The van der Waals surface area contributed by atoms with Gasteiger partial charge in [-0.2, -0.15) is 0 Å². The van der Waals surface area contributed by atoms with Crippen molar-refractivity contribution in [3.8, 4) is 10.6 Å². The first kappa shape index (κ1) is 26.2. The molecule has 0 saturated carbocycles. The minimum absolute atomic E-state index is 0.0655. The standard InChI is InChI=1S/C29H30N4O3S/c1-21-13-15-25(16-14-21)28-31-32-29(37-28)30-26(34)17-18-33(22(2)24-11-7-4-8-12-24)27(35)20-36-19-23-9-5-3-6-10-23/h3-16,22H,17-20H2,1-2H3,(H,30,32,34)/t22-/m1/s1. The molecule has 3 aromatic carbocycles. The lowest BCUT2D eigenvalue weighted by Gasteiger charge is -2.29. The summed E-state index contributed by atoms with van der Waals surface area (Å²) in [6, 6.07) is 27.3. The summed E-state index contributed by atoms with van der Waals surface area (Å²) in [6.45, 7) is 4.52. The number of nitrogens with one attached hydrogen (secondary N) is 1. The molecule has 4 rings (SSSR count). The van der Waals surface area contributed by atoms with Crippen LogP contribution in [0.2, 0.25) is 0 Å². The molecule has 4 aromatic rings. The Kier molecular flexibility index (Phi) is 9.13. The van der Waals surface area contributed by atoms with Crippen molar-refractivity contribution < 1.29 is 14.3 Å². The van der Waals surface area contributed by atoms with Crippen LogP contribution in [0.4, 0.5) is 5.13 Å². The zero-order valence-corrected chi connectivity index (χ0v) is 21.8. The molecule has 0 aliphatic rings. The van der Waals surface area contributed by atoms with Crippen molar-refractivity contribution in [1.82, 2.24) is 15.1 Å². The minimum Gasteiger partial charge on any atom is -0.367 e. The van der Waals surface area contributed by atoms with E-state index in [4.69, 9.17) is 4.74 Å². The molecule has 8 heteroatoms. The number of ether oxygens (including phenoxy) is 1. The number of rotatable bonds is 11. The molecule has 1 heterocycles. The summed E-state index contributed by atoms with van der Waals surface area (Å²) < 4.78 is 5.69. The van der Waals surface area contributed by atoms with Crippen LogP contribution >= 0.6 is 11.3 Å². The van der Waals surface area contributed by atoms with Crippen LogP contribution in [0.1, 0.15) is 36.1 Å². The van der Waals surface area contributed by atoms with E-state index in [1.807, 2.05) is 98.8 Å². The van der Waals surface area contributed by atoms with Crippen LogP contribution in [-0.4, -0.2) is 40.1 Å². The van der Waals surface area contributed by atoms with Crippen molar-refractivity contribution >= 4 is 28.3 Å². The zero-order valence-electron chi connectivity index (χ0n) is 21.0. The molecule has 0 saturated heterocycles. The second-order valence-corrected chi connectivity index (χ2v) is 9.71. The van der Waals surface area contributed by atoms with Gasteiger partial charge in [-0.15, -0.1) is 10.2 Å². The van der Waals surface area contributed by atoms with Gasteiger partial charge < -0.3 is 15.0 Å². The van der Waals surface area contributed by atoms with E-state index >= 15 is 0 Å². The van der Waals surface area contributed by atoms with Crippen molar-refractivity contribution in [2.24, 2.45) is 0 Å². The predicted molar refractivity (Wildman–Crippen MR) is 146 cm³/mol. The number of aromatic nitrogens is 2. The van der Waals surface area contributed by atoms with Gasteiger partial charge in [0.15, 0.2) is 0 Å². The molecule has 0 unspecified atom stereocenters. The summed E-state index contributed by atoms with van der Waals surface area (Å²) in [4.78, 5) is 27.6. The molecule has 1 aromatic heterocycles. The fraction of sp³-hybridized carbons (Fsp3) is 0.241. The van der Waals surface area contributed by atoms with Gasteiger partial charge in [-0.3, -0.25) is 9.59 Å². The molecule has 1 N–H and O–H groups in total. The molecule has 0 aliphatic heterocycles. The minimum atomic E-state index is -0.227. The van der Waals surface area contributed by atoms with E-state index in [0.717, 1.165) is 27.3 Å². The van der Waals surface area contributed by atoms with E-state index in [1.165, 1.54) is 11.3 Å². The van der Waals surface area contributed by atoms with Crippen LogP contribution in [0.15, 0.2) is 84.9 Å². The third-order valence-corrected chi connectivity index (χ3v) is 6.84. The van der Waals surface area contributed by atoms with E-state index in [-0.39, 0.29) is 37.4 Å². The molecule has 37 heavy (non-hydrogen) atoms. The average Bonchev–Trinajstić information content (AvgIpc) is 3.38. The molecule has 190 valence electrons. The molecule has 7 nitrogen and oxygen atoms in total. The first-order valence-corrected chi connectivity index (χ1v) is 13.0. The Bertz CT molecular complexity index is 1290. The predicted octanol–water partition coefficient (Wildman–Crippen LogP) is 5.65. The Balaban J connectivity index is 1.36. The summed E-state index contributed by atoms with van der Waals surface area (Å²) in [7, 11) is 0. The summed E-state index contributed by atoms with van der Waals surface area (Å²) in [6.07, 6.45) is 0.126. The number of amides is 2. The van der Waals surface area contributed by atoms with E-state index in [9.17, 15) is 9.59 Å². The molecule has 0 bridgehead atoms. The smallest absolute Gasteiger partial charge is 0.249 e. The summed E-state index contributed by atoms with van der Waals surface area (Å²) in [5, 5.41) is 12.3. The van der Waals surface area contributed by atoms with Crippen molar-refractivity contribution in [3.05, 3.63) is 102 Å². The van der Waals surface area contributed by atoms with Gasteiger partial charge in [-0.05, 0) is 25.0 Å². The summed E-state index contributed by atoms with van der Waals surface area (Å²) >= 11 is 1.32. The maximum absolute atomic E-state index is 13.2. The van der Waals surface area contributed by atoms with Crippen LogP contribution < -0.4 is 5.32 Å². The monoisotopic (exact) mass is 514 g/mol. The van der Waals surface area contributed by atoms with Gasteiger partial charge >= 0.3 is 0 Å². The first-order chi connectivity index (χ1) is 18.0. The first-order valence-electron chi connectivity index (χ1n) is 12.2. The normalized spacial score (nSPS) is 11.6. The van der Waals surface area contributed by atoms with E-state index in [2.05, 4.69) is 15.5 Å². The Morgan fingerprint density at radius 1 is 0.946 bits per heavy atom. The van der Waals surface area contributed by atoms with Crippen molar-refractivity contribution in [1.29, 1.82) is 0 Å². The van der Waals surface area contributed by atoms with Crippen molar-refractivity contribution in [2.45, 2.75) is 32.9 Å². The summed E-state index contributed by atoms with van der Waals surface area (Å²) in [5.41, 5.74) is 4.11. The number of benzene rings is 3. The highest BCUT2D eigenvalue weighted by Gasteiger charge is 2.23. The second-order valence-electron chi connectivity index (χ2n) is 8.73. The average molecular weight is 515 g/mol. The van der Waals surface area contributed by atoms with Crippen LogP contribution in [0.3, 0.4) is 0 Å². The number of carbonyl (C=O) groups excluding carboxylic acids is 2. The van der Waals surface area contributed by atoms with Gasteiger partial charge in [0.1, 0.15) is 11.6 Å². The van der Waals surface area contributed by atoms with Gasteiger partial charge in [-0.25, -0.2) is 0 Å². The van der Waals surface area contributed by atoms with Gasteiger partial charge in [0, 0.05) is 18.5 Å². The SMILES string of the molecule is Cc1ccc(-c2nnc(NC(=O)CCN(C(=O)COCc3ccccc3)[C@H](C)c3ccccc3)s2)cc1. The van der Waals surface area contributed by atoms with Gasteiger partial charge in [-0.1, -0.05) is 102 Å². The lowest BCUT2D eigenvalue weighted by molar-refractivity contribution is -0.139. The van der Waals surface area contributed by atoms with E-state index in [1.54, 1.807) is 4.90 Å². The molecule has 0 aliphatic carbocycles. The Morgan fingerprint density at radius 3 is 2.32 bits per heavy atom. The Morgan fingerprint density at radius 2 is 1.62 bits per heavy atom. The fourth-order valence-corrected chi connectivity index (χ4v) is 4.61. The third-order valence-electron chi connectivity index (χ3n) is 5.96. The maximum Gasteiger partial charge on any atom is 0.249 e. The molecule has 0 spiro atoms. The molecular formula is C29H30N4O3S. The molecular weight excluding hydrogens is 484 g/mol. The molecule has 1 atom stereocenters. The van der Waals surface area contributed by atoms with E-state index in [0.29, 0.717) is 11.7 Å². The van der Waals surface area contributed by atoms with E-state index < -0.39 is 0 Å². The number of hydrogen-bond acceptors (Lipinski definition) is 6. The lowest BCUT2D eigenvalue weighted by atomic mass is 10.1. The molecule has 2 amide bonds. The highest BCUT2D eigenvalue weighted by Crippen LogP contribution is 2.27. The van der Waals surface area contributed by atoms with Crippen LogP contribution in [0, 0.1) is 6.92 Å². The van der Waals surface area contributed by atoms with Gasteiger partial charge in [0.25, 0.3) is 0 Å². The zero-order chi connectivity index (χ0) is 26.0. The number of anilines is 1. The molecule has 0 fully saturated rings. The van der Waals surface area contributed by atoms with Gasteiger partial charge in [0.05, 0.1) is 12.6 Å². The fourth-order valence-electron chi connectivity index (χ4n) is 3.85. The number of carbonyl (C=O) groups is 2. The quantitative estimate of drug-likeness (QED) is 0.280. The van der Waals surface area contributed by atoms with Crippen LogP contribution in [-0.2, 0) is 20.9 Å². The lowest BCUT2D eigenvalue weighted by Crippen LogP contribution is -2.38. The Labute approximate surface area is 221 Å².